The SMILES string of the molecule is Nc1ccc(N2CC(O)C(O)C2)nc1N. The second-order valence-electron chi connectivity index (χ2n) is 3.68. The molecule has 0 aromatic carbocycles. The van der Waals surface area contributed by atoms with E-state index in [9.17, 15) is 10.2 Å². The molecule has 2 atom stereocenters. The molecule has 2 rings (SSSR count). The van der Waals surface area contributed by atoms with Gasteiger partial charge in [0.1, 0.15) is 11.6 Å². The summed E-state index contributed by atoms with van der Waals surface area (Å²) in [5, 5.41) is 18.8. The van der Waals surface area contributed by atoms with Gasteiger partial charge in [-0.3, -0.25) is 0 Å². The number of aromatic nitrogens is 1. The average Bonchev–Trinajstić information content (AvgIpc) is 2.52. The van der Waals surface area contributed by atoms with Crippen molar-refractivity contribution in [1.29, 1.82) is 0 Å². The molecular weight excluding hydrogens is 196 g/mol. The van der Waals surface area contributed by atoms with Crippen LogP contribution in [0, 0.1) is 0 Å². The van der Waals surface area contributed by atoms with Gasteiger partial charge in [0.25, 0.3) is 0 Å². The number of rotatable bonds is 1. The normalized spacial score (nSPS) is 25.9. The van der Waals surface area contributed by atoms with Gasteiger partial charge in [0.05, 0.1) is 17.9 Å². The lowest BCUT2D eigenvalue weighted by Gasteiger charge is -2.16. The van der Waals surface area contributed by atoms with Crippen molar-refractivity contribution in [2.75, 3.05) is 29.5 Å². The Kier molecular flexibility index (Phi) is 2.37. The largest absolute Gasteiger partial charge is 0.396 e. The maximum Gasteiger partial charge on any atom is 0.149 e. The van der Waals surface area contributed by atoms with E-state index in [0.717, 1.165) is 0 Å². The second kappa shape index (κ2) is 3.56. The number of hydrogen-bond acceptors (Lipinski definition) is 6. The van der Waals surface area contributed by atoms with E-state index in [1.165, 1.54) is 0 Å². The first-order chi connectivity index (χ1) is 7.08. The zero-order valence-electron chi connectivity index (χ0n) is 8.17. The summed E-state index contributed by atoms with van der Waals surface area (Å²) >= 11 is 0. The standard InChI is InChI=1S/C9H14N4O2/c10-5-1-2-8(12-9(5)11)13-3-6(14)7(15)4-13/h1-2,6-7,14-15H,3-4,10H2,(H2,11,12). The van der Waals surface area contributed by atoms with Crippen molar-refractivity contribution in [3.05, 3.63) is 12.1 Å². The molecule has 6 nitrogen and oxygen atoms in total. The molecule has 1 aliphatic rings. The number of β-amino-alcohol motifs (C(OH)–C–C–N with tert-alkyl or cyclic N) is 2. The lowest BCUT2D eigenvalue weighted by molar-refractivity contribution is 0.0572. The lowest BCUT2D eigenvalue weighted by Crippen LogP contribution is -2.22. The van der Waals surface area contributed by atoms with Crippen molar-refractivity contribution in [2.45, 2.75) is 12.2 Å². The number of pyridine rings is 1. The van der Waals surface area contributed by atoms with Gasteiger partial charge >= 0.3 is 0 Å². The molecule has 6 heteroatoms. The monoisotopic (exact) mass is 210 g/mol. The van der Waals surface area contributed by atoms with Crippen LogP contribution >= 0.6 is 0 Å². The van der Waals surface area contributed by atoms with Crippen molar-refractivity contribution >= 4 is 17.3 Å². The van der Waals surface area contributed by atoms with Crippen LogP contribution in [0.15, 0.2) is 12.1 Å². The summed E-state index contributed by atoms with van der Waals surface area (Å²) in [4.78, 5) is 5.85. The molecule has 1 aromatic heterocycles. The van der Waals surface area contributed by atoms with Crippen molar-refractivity contribution in [3.63, 3.8) is 0 Å². The number of aliphatic hydroxyl groups excluding tert-OH is 2. The van der Waals surface area contributed by atoms with Crippen LogP contribution in [0.3, 0.4) is 0 Å². The Bertz CT molecular complexity index is 361. The number of nitrogen functional groups attached to an aromatic ring is 2. The predicted octanol–water partition coefficient (Wildman–Crippen LogP) is -1.21. The molecule has 6 N–H and O–H groups in total. The van der Waals surface area contributed by atoms with Gasteiger partial charge in [0.2, 0.25) is 0 Å². The molecule has 2 unspecified atom stereocenters. The summed E-state index contributed by atoms with van der Waals surface area (Å²) in [6.07, 6.45) is -1.46. The molecule has 1 aromatic rings. The van der Waals surface area contributed by atoms with Crippen LogP contribution < -0.4 is 16.4 Å². The van der Waals surface area contributed by atoms with Gasteiger partial charge in [-0.25, -0.2) is 4.98 Å². The fourth-order valence-electron chi connectivity index (χ4n) is 1.61. The third kappa shape index (κ3) is 1.81. The molecule has 15 heavy (non-hydrogen) atoms. The van der Waals surface area contributed by atoms with Crippen molar-refractivity contribution in [3.8, 4) is 0 Å². The van der Waals surface area contributed by atoms with Crippen LogP contribution in [-0.2, 0) is 0 Å². The maximum absolute atomic E-state index is 9.38. The van der Waals surface area contributed by atoms with Gasteiger partial charge < -0.3 is 26.6 Å². The number of aliphatic hydroxyl groups is 2. The first-order valence-electron chi connectivity index (χ1n) is 4.71. The van der Waals surface area contributed by atoms with Crippen LogP contribution in [-0.4, -0.2) is 40.5 Å². The van der Waals surface area contributed by atoms with E-state index in [4.69, 9.17) is 11.5 Å². The van der Waals surface area contributed by atoms with Crippen molar-refractivity contribution in [1.82, 2.24) is 4.98 Å². The predicted molar refractivity (Wildman–Crippen MR) is 57.3 cm³/mol. The van der Waals surface area contributed by atoms with E-state index in [2.05, 4.69) is 4.98 Å². The Morgan fingerprint density at radius 3 is 2.33 bits per heavy atom. The fourth-order valence-corrected chi connectivity index (χ4v) is 1.61. The van der Waals surface area contributed by atoms with Crippen LogP contribution in [0.5, 0.6) is 0 Å². The maximum atomic E-state index is 9.38. The second-order valence-corrected chi connectivity index (χ2v) is 3.68. The highest BCUT2D eigenvalue weighted by Gasteiger charge is 2.30. The van der Waals surface area contributed by atoms with Gasteiger partial charge in [0, 0.05) is 13.1 Å². The van der Waals surface area contributed by atoms with Gasteiger partial charge in [-0.15, -0.1) is 0 Å². The Morgan fingerprint density at radius 2 is 1.80 bits per heavy atom. The first-order valence-corrected chi connectivity index (χ1v) is 4.71. The summed E-state index contributed by atoms with van der Waals surface area (Å²) in [7, 11) is 0. The van der Waals surface area contributed by atoms with E-state index < -0.39 is 12.2 Å². The van der Waals surface area contributed by atoms with Crippen LogP contribution in [0.2, 0.25) is 0 Å². The minimum atomic E-state index is -0.731. The fraction of sp³-hybridized carbons (Fsp3) is 0.444. The number of anilines is 3. The third-order valence-electron chi connectivity index (χ3n) is 2.53. The molecule has 0 radical (unpaired) electrons. The summed E-state index contributed by atoms with van der Waals surface area (Å²) in [6.45, 7) is 0.717. The molecule has 2 heterocycles. The van der Waals surface area contributed by atoms with Gasteiger partial charge in [-0.1, -0.05) is 0 Å². The zero-order chi connectivity index (χ0) is 11.0. The molecule has 0 saturated carbocycles. The Labute approximate surface area is 87.1 Å². The Balaban J connectivity index is 2.20. The molecular formula is C9H14N4O2. The van der Waals surface area contributed by atoms with Crippen molar-refractivity contribution in [2.24, 2.45) is 0 Å². The molecule has 82 valence electrons. The zero-order valence-corrected chi connectivity index (χ0v) is 8.17. The number of nitrogens with zero attached hydrogens (tertiary/aromatic N) is 2. The molecule has 1 saturated heterocycles. The van der Waals surface area contributed by atoms with Gasteiger partial charge in [-0.05, 0) is 12.1 Å². The average molecular weight is 210 g/mol. The smallest absolute Gasteiger partial charge is 0.149 e. The number of hydrogen-bond donors (Lipinski definition) is 4. The highest BCUT2D eigenvalue weighted by molar-refractivity contribution is 5.62. The summed E-state index contributed by atoms with van der Waals surface area (Å²) in [5.41, 5.74) is 11.5. The summed E-state index contributed by atoms with van der Waals surface area (Å²) in [6, 6.07) is 3.38. The Morgan fingerprint density at radius 1 is 1.20 bits per heavy atom. The van der Waals surface area contributed by atoms with E-state index in [0.29, 0.717) is 24.6 Å². The quantitative estimate of drug-likeness (QED) is 0.463. The van der Waals surface area contributed by atoms with Crippen LogP contribution in [0.1, 0.15) is 0 Å². The van der Waals surface area contributed by atoms with E-state index >= 15 is 0 Å². The minimum Gasteiger partial charge on any atom is -0.396 e. The lowest BCUT2D eigenvalue weighted by atomic mass is 10.3. The van der Waals surface area contributed by atoms with Gasteiger partial charge in [-0.2, -0.15) is 0 Å². The van der Waals surface area contributed by atoms with Crippen molar-refractivity contribution < 1.29 is 10.2 Å². The van der Waals surface area contributed by atoms with E-state index in [-0.39, 0.29) is 5.82 Å². The van der Waals surface area contributed by atoms with Crippen LogP contribution in [0.4, 0.5) is 17.3 Å². The topological polar surface area (TPSA) is 109 Å². The minimum absolute atomic E-state index is 0.267. The van der Waals surface area contributed by atoms with Gasteiger partial charge in [0.15, 0.2) is 0 Å². The number of nitrogens with two attached hydrogens (primary N) is 2. The molecule has 1 fully saturated rings. The molecule has 0 bridgehead atoms. The summed E-state index contributed by atoms with van der Waals surface area (Å²) in [5.74, 6) is 0.890. The molecule has 0 amide bonds. The first kappa shape index (κ1) is 10.0. The van der Waals surface area contributed by atoms with Crippen LogP contribution in [0.25, 0.3) is 0 Å². The third-order valence-corrected chi connectivity index (χ3v) is 2.53. The summed E-state index contributed by atoms with van der Waals surface area (Å²) < 4.78 is 0. The molecule has 0 spiro atoms. The highest BCUT2D eigenvalue weighted by Crippen LogP contribution is 2.22. The molecule has 0 aliphatic carbocycles. The highest BCUT2D eigenvalue weighted by atomic mass is 16.3. The van der Waals surface area contributed by atoms with E-state index in [1.54, 1.807) is 17.0 Å². The Hall–Kier alpha value is -1.53. The van der Waals surface area contributed by atoms with E-state index in [1.807, 2.05) is 0 Å². The molecule has 1 aliphatic heterocycles.